The Hall–Kier alpha value is -1.71. The lowest BCUT2D eigenvalue weighted by Gasteiger charge is -2.12. The van der Waals surface area contributed by atoms with E-state index in [0.717, 1.165) is 16.7 Å². The monoisotopic (exact) mass is 309 g/mol. The molecule has 0 atom stereocenters. The third kappa shape index (κ3) is 4.96. The third-order valence-electron chi connectivity index (χ3n) is 2.93. The zero-order valence-corrected chi connectivity index (χ0v) is 12.8. The van der Waals surface area contributed by atoms with Gasteiger partial charge in [-0.2, -0.15) is 0 Å². The van der Waals surface area contributed by atoms with Crippen molar-refractivity contribution in [3.05, 3.63) is 77.4 Å². The second-order valence-corrected chi connectivity index (χ2v) is 4.90. The van der Waals surface area contributed by atoms with Crippen molar-refractivity contribution >= 4 is 18.0 Å². The lowest BCUT2D eigenvalue weighted by Crippen LogP contribution is -2.11. The highest BCUT2D eigenvalue weighted by atomic mass is 35.5. The first-order chi connectivity index (χ1) is 9.56. The van der Waals surface area contributed by atoms with Crippen LogP contribution in [0.2, 0.25) is 0 Å². The fourth-order valence-electron chi connectivity index (χ4n) is 1.99. The number of rotatable bonds is 4. The lowest BCUT2D eigenvalue weighted by atomic mass is 9.97. The van der Waals surface area contributed by atoms with E-state index in [-0.39, 0.29) is 24.0 Å². The summed E-state index contributed by atoms with van der Waals surface area (Å²) in [6.45, 7) is 0.697. The molecule has 2 rings (SSSR count). The van der Waals surface area contributed by atoms with Gasteiger partial charge in [0.05, 0.1) is 0 Å². The van der Waals surface area contributed by atoms with E-state index in [0.29, 0.717) is 6.54 Å². The van der Waals surface area contributed by atoms with E-state index in [4.69, 9.17) is 0 Å². The van der Waals surface area contributed by atoms with Crippen LogP contribution in [-0.2, 0) is 0 Å². The summed E-state index contributed by atoms with van der Waals surface area (Å²) < 4.78 is 26.8. The summed E-state index contributed by atoms with van der Waals surface area (Å²) in [4.78, 5) is 2.00. The Bertz CT molecular complexity index is 576. The zero-order chi connectivity index (χ0) is 14.5. The summed E-state index contributed by atoms with van der Waals surface area (Å²) in [6.07, 6.45) is 1.98. The Balaban J connectivity index is 0.00000220. The van der Waals surface area contributed by atoms with Crippen molar-refractivity contribution in [3.8, 4) is 0 Å². The largest absolute Gasteiger partial charge is 0.306 e. The average Bonchev–Trinajstić information content (AvgIpc) is 2.39. The van der Waals surface area contributed by atoms with Crippen molar-refractivity contribution in [1.82, 2.24) is 4.90 Å². The van der Waals surface area contributed by atoms with Gasteiger partial charge in [-0.25, -0.2) is 8.78 Å². The van der Waals surface area contributed by atoms with Gasteiger partial charge < -0.3 is 4.90 Å². The minimum Gasteiger partial charge on any atom is -0.306 e. The molecular formula is C17H18ClF2N. The van der Waals surface area contributed by atoms with Crippen LogP contribution in [0.15, 0.2) is 54.6 Å². The molecule has 0 saturated carbocycles. The van der Waals surface area contributed by atoms with Crippen LogP contribution >= 0.6 is 12.4 Å². The van der Waals surface area contributed by atoms with Gasteiger partial charge in [-0.3, -0.25) is 0 Å². The van der Waals surface area contributed by atoms with Gasteiger partial charge >= 0.3 is 0 Å². The smallest absolute Gasteiger partial charge is 0.123 e. The Morgan fingerprint density at radius 2 is 1.43 bits per heavy atom. The van der Waals surface area contributed by atoms with Crippen molar-refractivity contribution < 1.29 is 8.78 Å². The Kier molecular flexibility index (Phi) is 6.53. The molecular weight excluding hydrogens is 292 g/mol. The Morgan fingerprint density at radius 1 is 0.952 bits per heavy atom. The molecule has 0 N–H and O–H groups in total. The van der Waals surface area contributed by atoms with E-state index in [1.54, 1.807) is 12.1 Å². The predicted molar refractivity (Wildman–Crippen MR) is 85.7 cm³/mol. The molecule has 0 saturated heterocycles. The van der Waals surface area contributed by atoms with Gasteiger partial charge in [-0.1, -0.05) is 30.3 Å². The SMILES string of the molecule is CN(C)CC=C(c1cccc(F)c1)c1cccc(F)c1.Cl. The summed E-state index contributed by atoms with van der Waals surface area (Å²) in [6, 6.07) is 12.7. The number of hydrogen-bond donors (Lipinski definition) is 0. The number of likely N-dealkylation sites (N-methyl/N-ethyl adjacent to an activating group) is 1. The average molecular weight is 310 g/mol. The quantitative estimate of drug-likeness (QED) is 0.810. The molecule has 0 aliphatic rings. The summed E-state index contributed by atoms with van der Waals surface area (Å²) in [5.74, 6) is -0.593. The van der Waals surface area contributed by atoms with Crippen LogP contribution in [0.5, 0.6) is 0 Å². The molecule has 21 heavy (non-hydrogen) atoms. The molecule has 0 heterocycles. The molecule has 112 valence electrons. The first-order valence-electron chi connectivity index (χ1n) is 6.43. The highest BCUT2D eigenvalue weighted by molar-refractivity contribution is 5.85. The molecule has 0 unspecified atom stereocenters. The van der Waals surface area contributed by atoms with Crippen LogP contribution in [0.25, 0.3) is 5.57 Å². The fourth-order valence-corrected chi connectivity index (χ4v) is 1.99. The normalized spacial score (nSPS) is 10.1. The van der Waals surface area contributed by atoms with Gasteiger partial charge in [0, 0.05) is 6.54 Å². The molecule has 0 radical (unpaired) electrons. The molecule has 4 heteroatoms. The van der Waals surface area contributed by atoms with Gasteiger partial charge in [0.15, 0.2) is 0 Å². The summed E-state index contributed by atoms with van der Waals surface area (Å²) in [5.41, 5.74) is 2.33. The molecule has 1 nitrogen and oxygen atoms in total. The predicted octanol–water partition coefficient (Wildman–Crippen LogP) is 4.38. The maximum Gasteiger partial charge on any atom is 0.123 e. The molecule has 0 aliphatic carbocycles. The minimum absolute atomic E-state index is 0. The molecule has 2 aromatic carbocycles. The first kappa shape index (κ1) is 17.3. The number of hydrogen-bond acceptors (Lipinski definition) is 1. The Morgan fingerprint density at radius 3 is 1.81 bits per heavy atom. The molecule has 0 spiro atoms. The maximum absolute atomic E-state index is 13.4. The van der Waals surface area contributed by atoms with Gasteiger partial charge in [0.25, 0.3) is 0 Å². The van der Waals surface area contributed by atoms with Crippen molar-refractivity contribution in [2.45, 2.75) is 0 Å². The van der Waals surface area contributed by atoms with E-state index in [1.807, 2.05) is 37.2 Å². The standard InChI is InChI=1S/C17H17F2N.ClH/c1-20(2)10-9-17(13-5-3-7-15(18)11-13)14-6-4-8-16(19)12-14;/h3-9,11-12H,10H2,1-2H3;1H. The van der Waals surface area contributed by atoms with Crippen LogP contribution in [0.1, 0.15) is 11.1 Å². The first-order valence-corrected chi connectivity index (χ1v) is 6.43. The molecule has 0 aliphatic heterocycles. The van der Waals surface area contributed by atoms with E-state index in [1.165, 1.54) is 24.3 Å². The van der Waals surface area contributed by atoms with Gasteiger partial charge in [0.1, 0.15) is 11.6 Å². The minimum atomic E-state index is -0.297. The van der Waals surface area contributed by atoms with Crippen molar-refractivity contribution in [1.29, 1.82) is 0 Å². The fraction of sp³-hybridized carbons (Fsp3) is 0.176. The summed E-state index contributed by atoms with van der Waals surface area (Å²) in [5, 5.41) is 0. The number of halogens is 3. The van der Waals surface area contributed by atoms with Crippen LogP contribution in [0.4, 0.5) is 8.78 Å². The van der Waals surface area contributed by atoms with E-state index in [2.05, 4.69) is 0 Å². The van der Waals surface area contributed by atoms with Gasteiger partial charge in [-0.15, -0.1) is 12.4 Å². The van der Waals surface area contributed by atoms with Crippen LogP contribution in [0, 0.1) is 11.6 Å². The van der Waals surface area contributed by atoms with Crippen molar-refractivity contribution in [2.75, 3.05) is 20.6 Å². The lowest BCUT2D eigenvalue weighted by molar-refractivity contribution is 0.457. The molecule has 0 bridgehead atoms. The molecule has 0 aromatic heterocycles. The van der Waals surface area contributed by atoms with Crippen LogP contribution in [-0.4, -0.2) is 25.5 Å². The molecule has 0 amide bonds. The zero-order valence-electron chi connectivity index (χ0n) is 12.0. The topological polar surface area (TPSA) is 3.24 Å². The molecule has 0 fully saturated rings. The van der Waals surface area contributed by atoms with E-state index < -0.39 is 0 Å². The van der Waals surface area contributed by atoms with Crippen molar-refractivity contribution in [3.63, 3.8) is 0 Å². The van der Waals surface area contributed by atoms with E-state index >= 15 is 0 Å². The number of nitrogens with zero attached hydrogens (tertiary/aromatic N) is 1. The number of benzene rings is 2. The summed E-state index contributed by atoms with van der Waals surface area (Å²) >= 11 is 0. The second-order valence-electron chi connectivity index (χ2n) is 4.90. The van der Waals surface area contributed by atoms with Crippen LogP contribution < -0.4 is 0 Å². The Labute approximate surface area is 130 Å². The third-order valence-corrected chi connectivity index (χ3v) is 2.93. The second kappa shape index (κ2) is 7.91. The highest BCUT2D eigenvalue weighted by Gasteiger charge is 2.07. The van der Waals surface area contributed by atoms with Gasteiger partial charge in [-0.05, 0) is 55.1 Å². The van der Waals surface area contributed by atoms with E-state index in [9.17, 15) is 8.78 Å². The van der Waals surface area contributed by atoms with Crippen molar-refractivity contribution in [2.24, 2.45) is 0 Å². The maximum atomic E-state index is 13.4. The highest BCUT2D eigenvalue weighted by Crippen LogP contribution is 2.24. The van der Waals surface area contributed by atoms with Gasteiger partial charge in [0.2, 0.25) is 0 Å². The van der Waals surface area contributed by atoms with Crippen LogP contribution in [0.3, 0.4) is 0 Å². The summed E-state index contributed by atoms with van der Waals surface area (Å²) in [7, 11) is 3.90. The molecule has 2 aromatic rings.